The van der Waals surface area contributed by atoms with E-state index in [-0.39, 0.29) is 26.5 Å². The number of carbonyl (C=O) groups is 1. The van der Waals surface area contributed by atoms with Crippen LogP contribution in [0.2, 0.25) is 15.1 Å². The van der Waals surface area contributed by atoms with Crippen molar-refractivity contribution in [1.82, 2.24) is 5.32 Å². The summed E-state index contributed by atoms with van der Waals surface area (Å²) in [6, 6.07) is 0.278. The predicted molar refractivity (Wildman–Crippen MR) is 85.7 cm³/mol. The van der Waals surface area contributed by atoms with E-state index in [1.165, 1.54) is 0 Å². The maximum Gasteiger partial charge on any atom is 0.491 e. The Labute approximate surface area is 151 Å². The second kappa shape index (κ2) is 7.66. The number of nitrogens with one attached hydrogen (secondary N) is 1. The van der Waals surface area contributed by atoms with Gasteiger partial charge >= 0.3 is 12.1 Å². The fourth-order valence-corrected chi connectivity index (χ4v) is 3.30. The summed E-state index contributed by atoms with van der Waals surface area (Å²) in [4.78, 5) is 11.2. The molecule has 0 saturated carbocycles. The minimum absolute atomic E-state index is 0.0514. The Morgan fingerprint density at radius 2 is 1.83 bits per heavy atom. The highest BCUT2D eigenvalue weighted by molar-refractivity contribution is 6.48. The number of carbonyl (C=O) groups excluding carboxylic acids is 1. The molecule has 10 heteroatoms. The Morgan fingerprint density at radius 3 is 2.38 bits per heavy atom. The summed E-state index contributed by atoms with van der Waals surface area (Å²) in [6.45, 7) is 1.43. The summed E-state index contributed by atoms with van der Waals surface area (Å²) < 4.78 is 41.9. The van der Waals surface area contributed by atoms with E-state index in [4.69, 9.17) is 40.5 Å². The van der Waals surface area contributed by atoms with Crippen molar-refractivity contribution in [3.63, 3.8) is 0 Å². The Balaban J connectivity index is 2.43. The van der Waals surface area contributed by atoms with E-state index in [0.29, 0.717) is 12.8 Å². The van der Waals surface area contributed by atoms with Crippen LogP contribution in [0.15, 0.2) is 6.07 Å². The van der Waals surface area contributed by atoms with Gasteiger partial charge in [-0.15, -0.1) is 0 Å². The molecule has 3 N–H and O–H groups in total. The maximum atomic E-state index is 12.5. The molecule has 0 spiro atoms. The monoisotopic (exact) mass is 404 g/mol. The number of hydrogen-bond donors (Lipinski definition) is 2. The highest BCUT2D eigenvalue weighted by atomic mass is 35.5. The normalized spacial score (nSPS) is 17.6. The molecule has 1 fully saturated rings. The van der Waals surface area contributed by atoms with Crippen molar-refractivity contribution in [3.05, 3.63) is 26.7 Å². The van der Waals surface area contributed by atoms with E-state index in [1.54, 1.807) is 0 Å². The number of benzene rings is 1. The molecule has 0 bridgehead atoms. The standard InChI is InChI=1S/C14H14Cl3F3N2O2/c15-7-5-8(24-13(23)14(18,19)20)9(11(17)10(7)16)12(21)6-1-3-22-4-2-6/h5-6,12,22H,1-4,21H2/t12-/m1/s1. The molecule has 1 aromatic carbocycles. The molecule has 0 aliphatic carbocycles. The van der Waals surface area contributed by atoms with Crippen LogP contribution in [0.4, 0.5) is 13.2 Å². The first-order valence-electron chi connectivity index (χ1n) is 7.05. The lowest BCUT2D eigenvalue weighted by atomic mass is 9.86. The van der Waals surface area contributed by atoms with Crippen LogP contribution in [0.25, 0.3) is 0 Å². The van der Waals surface area contributed by atoms with Gasteiger partial charge in [-0.25, -0.2) is 4.79 Å². The second-order valence-electron chi connectivity index (χ2n) is 5.40. The third kappa shape index (κ3) is 4.26. The number of alkyl halides is 3. The molecular weight excluding hydrogens is 392 g/mol. The van der Waals surface area contributed by atoms with Crippen LogP contribution in [-0.4, -0.2) is 25.2 Å². The van der Waals surface area contributed by atoms with E-state index >= 15 is 0 Å². The molecule has 1 aromatic rings. The highest BCUT2D eigenvalue weighted by Crippen LogP contribution is 2.44. The van der Waals surface area contributed by atoms with Crippen molar-refractivity contribution in [1.29, 1.82) is 0 Å². The summed E-state index contributed by atoms with van der Waals surface area (Å²) in [6.07, 6.45) is -3.76. The number of piperidine rings is 1. The molecule has 24 heavy (non-hydrogen) atoms. The van der Waals surface area contributed by atoms with Crippen LogP contribution in [-0.2, 0) is 4.79 Å². The number of esters is 1. The van der Waals surface area contributed by atoms with Gasteiger partial charge in [0, 0.05) is 17.7 Å². The van der Waals surface area contributed by atoms with E-state index in [1.807, 2.05) is 0 Å². The molecule has 1 heterocycles. The Bertz CT molecular complexity index is 635. The van der Waals surface area contributed by atoms with E-state index in [2.05, 4.69) is 10.1 Å². The molecule has 2 rings (SSSR count). The minimum Gasteiger partial charge on any atom is -0.419 e. The Kier molecular flexibility index (Phi) is 6.25. The molecule has 4 nitrogen and oxygen atoms in total. The zero-order valence-electron chi connectivity index (χ0n) is 12.2. The Morgan fingerprint density at radius 1 is 1.25 bits per heavy atom. The molecule has 0 unspecified atom stereocenters. The maximum absolute atomic E-state index is 12.5. The fraction of sp³-hybridized carbons (Fsp3) is 0.500. The van der Waals surface area contributed by atoms with Gasteiger partial charge < -0.3 is 15.8 Å². The fourth-order valence-electron chi connectivity index (χ4n) is 2.58. The molecule has 1 aliphatic rings. The number of ether oxygens (including phenoxy) is 1. The molecule has 1 aliphatic heterocycles. The minimum atomic E-state index is -5.16. The first-order chi connectivity index (χ1) is 11.1. The first kappa shape index (κ1) is 19.6. The zero-order valence-corrected chi connectivity index (χ0v) is 14.5. The average Bonchev–Trinajstić information content (AvgIpc) is 2.52. The van der Waals surface area contributed by atoms with E-state index < -0.39 is 23.9 Å². The lowest BCUT2D eigenvalue weighted by molar-refractivity contribution is -0.189. The molecule has 0 radical (unpaired) electrons. The van der Waals surface area contributed by atoms with Gasteiger partial charge in [0.25, 0.3) is 0 Å². The summed E-state index contributed by atoms with van der Waals surface area (Å²) in [5, 5.41) is 2.86. The molecule has 1 saturated heterocycles. The SMILES string of the molecule is N[C@@H](c1c(OC(=O)C(F)(F)F)cc(Cl)c(Cl)c1Cl)C1CCNCC1. The summed E-state index contributed by atoms with van der Waals surface area (Å²) in [5.41, 5.74) is 6.24. The summed E-state index contributed by atoms with van der Waals surface area (Å²) in [7, 11) is 0. The van der Waals surface area contributed by atoms with Crippen molar-refractivity contribution < 1.29 is 22.7 Å². The largest absolute Gasteiger partial charge is 0.491 e. The number of halogens is 6. The Hall–Kier alpha value is -0.730. The smallest absolute Gasteiger partial charge is 0.419 e. The van der Waals surface area contributed by atoms with Crippen molar-refractivity contribution in [2.45, 2.75) is 25.1 Å². The first-order valence-corrected chi connectivity index (χ1v) is 8.19. The van der Waals surface area contributed by atoms with Crippen LogP contribution in [0.5, 0.6) is 5.75 Å². The van der Waals surface area contributed by atoms with Gasteiger partial charge in [-0.1, -0.05) is 34.8 Å². The lowest BCUT2D eigenvalue weighted by Crippen LogP contribution is -2.34. The van der Waals surface area contributed by atoms with Gasteiger partial charge in [0.15, 0.2) is 0 Å². The predicted octanol–water partition coefficient (Wildman–Crippen LogP) is 4.11. The third-order valence-corrected chi connectivity index (χ3v) is 5.10. The summed E-state index contributed by atoms with van der Waals surface area (Å²) >= 11 is 17.9. The van der Waals surface area contributed by atoms with Gasteiger partial charge in [-0.3, -0.25) is 0 Å². The average molecular weight is 406 g/mol. The van der Waals surface area contributed by atoms with Crippen LogP contribution < -0.4 is 15.8 Å². The third-order valence-electron chi connectivity index (χ3n) is 3.82. The van der Waals surface area contributed by atoms with Crippen LogP contribution in [0.3, 0.4) is 0 Å². The van der Waals surface area contributed by atoms with Crippen LogP contribution in [0.1, 0.15) is 24.4 Å². The van der Waals surface area contributed by atoms with Gasteiger partial charge in [0.05, 0.1) is 15.1 Å². The van der Waals surface area contributed by atoms with Crippen molar-refractivity contribution in [2.24, 2.45) is 11.7 Å². The summed E-state index contributed by atoms with van der Waals surface area (Å²) in [5.74, 6) is -2.86. The van der Waals surface area contributed by atoms with Crippen LogP contribution in [0, 0.1) is 5.92 Å². The van der Waals surface area contributed by atoms with Crippen molar-refractivity contribution >= 4 is 40.8 Å². The van der Waals surface area contributed by atoms with Gasteiger partial charge in [0.1, 0.15) is 5.75 Å². The van der Waals surface area contributed by atoms with Gasteiger partial charge in [0.2, 0.25) is 0 Å². The number of nitrogens with two attached hydrogens (primary N) is 1. The molecule has 134 valence electrons. The molecular formula is C14H14Cl3F3N2O2. The van der Waals surface area contributed by atoms with E-state index in [0.717, 1.165) is 19.2 Å². The molecule has 0 aromatic heterocycles. The lowest BCUT2D eigenvalue weighted by Gasteiger charge is -2.30. The van der Waals surface area contributed by atoms with Gasteiger partial charge in [-0.2, -0.15) is 13.2 Å². The topological polar surface area (TPSA) is 64.3 Å². The second-order valence-corrected chi connectivity index (χ2v) is 6.56. The highest BCUT2D eigenvalue weighted by Gasteiger charge is 2.42. The van der Waals surface area contributed by atoms with Crippen molar-refractivity contribution in [2.75, 3.05) is 13.1 Å². The number of hydrogen-bond acceptors (Lipinski definition) is 4. The quantitative estimate of drug-likeness (QED) is 0.451. The van der Waals surface area contributed by atoms with Crippen LogP contribution >= 0.6 is 34.8 Å². The zero-order chi connectivity index (χ0) is 18.1. The van der Waals surface area contributed by atoms with Crippen molar-refractivity contribution in [3.8, 4) is 5.75 Å². The number of rotatable bonds is 3. The van der Waals surface area contributed by atoms with Gasteiger partial charge in [-0.05, 0) is 31.8 Å². The van der Waals surface area contributed by atoms with E-state index in [9.17, 15) is 18.0 Å². The molecule has 1 atom stereocenters. The molecule has 0 amide bonds.